The summed E-state index contributed by atoms with van der Waals surface area (Å²) in [5, 5.41) is 32.0. The Morgan fingerprint density at radius 2 is 1.96 bits per heavy atom. The van der Waals surface area contributed by atoms with E-state index < -0.39 is 59.6 Å². The first-order valence-corrected chi connectivity index (χ1v) is 17.7. The number of cyclic esters (lactones) is 1. The number of hydrogen-bond donors (Lipinski definition) is 3. The monoisotopic (exact) mass is 675 g/mol. The lowest BCUT2D eigenvalue weighted by molar-refractivity contribution is -0.158. The summed E-state index contributed by atoms with van der Waals surface area (Å²) in [5.41, 5.74) is -1.77. The third kappa shape index (κ3) is 9.92. The number of esters is 2. The molecular formula is C37H57NO10. The molecule has 0 aromatic rings. The van der Waals surface area contributed by atoms with Gasteiger partial charge in [-0.3, -0.25) is 9.59 Å². The van der Waals surface area contributed by atoms with Gasteiger partial charge in [-0.25, -0.2) is 4.79 Å². The van der Waals surface area contributed by atoms with Gasteiger partial charge in [0, 0.05) is 37.8 Å². The fourth-order valence-electron chi connectivity index (χ4n) is 7.48. The minimum atomic E-state index is -1.30. The van der Waals surface area contributed by atoms with Crippen LogP contribution in [0.25, 0.3) is 0 Å². The summed E-state index contributed by atoms with van der Waals surface area (Å²) in [6.07, 6.45) is 8.81. The molecule has 1 aliphatic carbocycles. The molecule has 1 saturated carbocycles. The van der Waals surface area contributed by atoms with Crippen LogP contribution in [0.4, 0.5) is 4.79 Å². The summed E-state index contributed by atoms with van der Waals surface area (Å²) >= 11 is 0. The van der Waals surface area contributed by atoms with Crippen molar-refractivity contribution in [2.75, 3.05) is 6.54 Å². The first-order valence-electron chi connectivity index (χ1n) is 17.7. The third-order valence-electron chi connectivity index (χ3n) is 10.6. The second kappa shape index (κ2) is 15.9. The minimum absolute atomic E-state index is 0.0173. The number of nitrogens with zero attached hydrogens (tertiary/aromatic N) is 1. The summed E-state index contributed by atoms with van der Waals surface area (Å²) < 4.78 is 23.5. The summed E-state index contributed by atoms with van der Waals surface area (Å²) in [4.78, 5) is 40.5. The number of epoxide rings is 1. The number of carbonyl (C=O) groups is 3. The lowest BCUT2D eigenvalue weighted by atomic mass is 9.88. The number of ether oxygens (including phenoxy) is 4. The van der Waals surface area contributed by atoms with Crippen molar-refractivity contribution in [3.05, 3.63) is 36.0 Å². The number of carbonyl (C=O) groups excluding carboxylic acids is 3. The largest absolute Gasteiger partial charge is 0.457 e. The molecule has 0 aromatic carbocycles. The van der Waals surface area contributed by atoms with Crippen molar-refractivity contribution in [1.82, 2.24) is 4.90 Å². The van der Waals surface area contributed by atoms with E-state index in [1.54, 1.807) is 49.1 Å². The van der Waals surface area contributed by atoms with Gasteiger partial charge in [0.15, 0.2) is 11.7 Å². The molecule has 4 aliphatic rings. The average molecular weight is 676 g/mol. The van der Waals surface area contributed by atoms with Crippen molar-refractivity contribution in [3.63, 3.8) is 0 Å². The van der Waals surface area contributed by atoms with Gasteiger partial charge in [0.25, 0.3) is 0 Å². The Labute approximate surface area is 285 Å². The van der Waals surface area contributed by atoms with Gasteiger partial charge in [0.05, 0.1) is 36.4 Å². The van der Waals surface area contributed by atoms with Crippen LogP contribution < -0.4 is 0 Å². The van der Waals surface area contributed by atoms with Crippen LogP contribution in [0.5, 0.6) is 0 Å². The molecule has 270 valence electrons. The molecule has 3 aliphatic heterocycles. The maximum Gasteiger partial charge on any atom is 0.410 e. The van der Waals surface area contributed by atoms with Crippen LogP contribution in [0.3, 0.4) is 0 Å². The zero-order chi connectivity index (χ0) is 35.4. The Hall–Kier alpha value is -2.73. The predicted octanol–water partition coefficient (Wildman–Crippen LogP) is 4.76. The Balaban J connectivity index is 1.50. The van der Waals surface area contributed by atoms with Crippen LogP contribution in [0.15, 0.2) is 36.0 Å². The molecule has 2 saturated heterocycles. The molecular weight excluding hydrogens is 618 g/mol. The predicted molar refractivity (Wildman–Crippen MR) is 179 cm³/mol. The zero-order valence-corrected chi connectivity index (χ0v) is 29.7. The van der Waals surface area contributed by atoms with Gasteiger partial charge in [-0.1, -0.05) is 45.1 Å². The van der Waals surface area contributed by atoms with E-state index in [1.165, 1.54) is 6.92 Å². The molecule has 3 heterocycles. The highest BCUT2D eigenvalue weighted by Gasteiger charge is 2.48. The second-order valence-electron chi connectivity index (χ2n) is 15.1. The number of likely N-dealkylation sites (tertiary alicyclic amines) is 1. The Kier molecular flexibility index (Phi) is 12.6. The van der Waals surface area contributed by atoms with Gasteiger partial charge in [-0.15, -0.1) is 0 Å². The number of rotatable bonds is 10. The molecule has 3 fully saturated rings. The number of piperidine rings is 1. The standard InChI is InChI=1S/C37H57NO10/c1-8-29(41)24(4)34-30(46-34)20-36(6,44)16-9-10-22(2)33-23(3)11-14-31(45-25(5)39)37(7,17-15-28(40)19-32(42)47-33)48-35(43)38-21-26-12-13-27(38)18-26/h9-11,14,16,23-24,26-31,33-34,40-41,44H,8,12-13,15,17-21H2,1-7H3/b14-11+,16-9+,22-10+/t23-,24+,26+,27-,28+,29-,30+,31-,33+,34+,36-,37+/m0/s1. The van der Waals surface area contributed by atoms with Crippen molar-refractivity contribution < 1.29 is 48.7 Å². The number of fused-ring (bicyclic) bond motifs is 2. The highest BCUT2D eigenvalue weighted by atomic mass is 16.6. The van der Waals surface area contributed by atoms with E-state index in [0.717, 1.165) is 19.3 Å². The molecule has 48 heavy (non-hydrogen) atoms. The number of aliphatic hydroxyl groups excluding tert-OH is 2. The Bertz CT molecular complexity index is 1240. The molecule has 0 spiro atoms. The van der Waals surface area contributed by atoms with Gasteiger partial charge in [-0.05, 0) is 76.9 Å². The summed E-state index contributed by atoms with van der Waals surface area (Å²) in [6.45, 7) is 12.9. The van der Waals surface area contributed by atoms with E-state index in [4.69, 9.17) is 18.9 Å². The number of aliphatic hydroxyl groups is 3. The molecule has 3 N–H and O–H groups in total. The van der Waals surface area contributed by atoms with E-state index in [2.05, 4.69) is 0 Å². The fourth-order valence-corrected chi connectivity index (χ4v) is 7.48. The van der Waals surface area contributed by atoms with E-state index in [9.17, 15) is 29.7 Å². The van der Waals surface area contributed by atoms with Gasteiger partial charge in [0.2, 0.25) is 0 Å². The minimum Gasteiger partial charge on any atom is -0.457 e. The van der Waals surface area contributed by atoms with Crippen molar-refractivity contribution >= 4 is 18.0 Å². The molecule has 1 amide bonds. The number of amides is 1. The number of allylic oxidation sites excluding steroid dienone is 2. The molecule has 11 nitrogen and oxygen atoms in total. The molecule has 0 unspecified atom stereocenters. The van der Waals surface area contributed by atoms with Crippen molar-refractivity contribution in [2.45, 2.75) is 154 Å². The normalized spacial score (nSPS) is 37.5. The highest BCUT2D eigenvalue weighted by Crippen LogP contribution is 2.40. The van der Waals surface area contributed by atoms with Crippen LogP contribution in [0.2, 0.25) is 0 Å². The lowest BCUT2D eigenvalue weighted by Gasteiger charge is -2.38. The SMILES string of the molecule is CC[C@H](O)[C@@H](C)[C@H]1O[C@@H]1C[C@@](C)(O)/C=C/C=C(\C)[C@H]1OC(=O)C[C@H](O)CC[C@@](C)(OC(=O)N2C[C@@H]3CC[C@H]2C3)[C@@H](OC(C)=O)/C=C/[C@@H]1C. The first-order chi connectivity index (χ1) is 22.5. The van der Waals surface area contributed by atoms with Crippen LogP contribution in [0.1, 0.15) is 99.8 Å². The van der Waals surface area contributed by atoms with Crippen LogP contribution >= 0.6 is 0 Å². The quantitative estimate of drug-likeness (QED) is 0.0970. The topological polar surface area (TPSA) is 155 Å². The molecule has 4 rings (SSSR count). The van der Waals surface area contributed by atoms with Crippen molar-refractivity contribution in [2.24, 2.45) is 17.8 Å². The third-order valence-corrected chi connectivity index (χ3v) is 10.6. The van der Waals surface area contributed by atoms with Crippen LogP contribution in [0, 0.1) is 17.8 Å². The lowest BCUT2D eigenvalue weighted by Crippen LogP contribution is -2.50. The average Bonchev–Trinajstić information content (AvgIpc) is 3.40. The Morgan fingerprint density at radius 1 is 1.23 bits per heavy atom. The molecule has 12 atom stereocenters. The highest BCUT2D eigenvalue weighted by molar-refractivity contribution is 5.71. The van der Waals surface area contributed by atoms with Crippen LogP contribution in [-0.2, 0) is 28.5 Å². The smallest absolute Gasteiger partial charge is 0.410 e. The first kappa shape index (κ1) is 38.1. The van der Waals surface area contributed by atoms with E-state index in [1.807, 2.05) is 27.7 Å². The zero-order valence-electron chi connectivity index (χ0n) is 29.7. The summed E-state index contributed by atoms with van der Waals surface area (Å²) in [6, 6.07) is 0.149. The van der Waals surface area contributed by atoms with Crippen LogP contribution in [-0.4, -0.2) is 98.7 Å². The molecule has 0 aromatic heterocycles. The van der Waals surface area contributed by atoms with E-state index >= 15 is 0 Å². The van der Waals surface area contributed by atoms with Gasteiger partial charge in [-0.2, -0.15) is 0 Å². The Morgan fingerprint density at radius 3 is 2.58 bits per heavy atom. The van der Waals surface area contributed by atoms with Gasteiger partial charge < -0.3 is 39.2 Å². The van der Waals surface area contributed by atoms with E-state index in [-0.39, 0.29) is 43.4 Å². The molecule has 11 heteroatoms. The fraction of sp³-hybridized carbons (Fsp3) is 0.757. The second-order valence-corrected chi connectivity index (χ2v) is 15.1. The maximum absolute atomic E-state index is 13.4. The van der Waals surface area contributed by atoms with Gasteiger partial charge in [0.1, 0.15) is 6.10 Å². The van der Waals surface area contributed by atoms with Gasteiger partial charge >= 0.3 is 18.0 Å². The van der Waals surface area contributed by atoms with E-state index in [0.29, 0.717) is 30.9 Å². The maximum atomic E-state index is 13.4. The summed E-state index contributed by atoms with van der Waals surface area (Å²) in [7, 11) is 0. The van der Waals surface area contributed by atoms with Crippen molar-refractivity contribution in [3.8, 4) is 0 Å². The number of hydrogen-bond acceptors (Lipinski definition) is 10. The summed E-state index contributed by atoms with van der Waals surface area (Å²) in [5.74, 6) is -1.04. The van der Waals surface area contributed by atoms with Crippen molar-refractivity contribution in [1.29, 1.82) is 0 Å². The molecule has 2 bridgehead atoms. The molecule has 0 radical (unpaired) electrons.